The number of carbonyl (C=O) groups excluding carboxylic acids is 1. The molecule has 0 aliphatic carbocycles. The van der Waals surface area contributed by atoms with Crippen LogP contribution >= 0.6 is 0 Å². The van der Waals surface area contributed by atoms with Crippen molar-refractivity contribution >= 4 is 16.8 Å². The van der Waals surface area contributed by atoms with E-state index in [0.717, 1.165) is 34.3 Å². The van der Waals surface area contributed by atoms with Gasteiger partial charge in [-0.1, -0.05) is 48.5 Å². The number of aromatic nitrogens is 3. The van der Waals surface area contributed by atoms with Crippen molar-refractivity contribution < 1.29 is 9.53 Å². The van der Waals surface area contributed by atoms with Gasteiger partial charge in [-0.3, -0.25) is 14.9 Å². The molecule has 6 nitrogen and oxygen atoms in total. The molecule has 5 rings (SSSR count). The topological polar surface area (TPSA) is 71.1 Å². The predicted molar refractivity (Wildman–Crippen MR) is 111 cm³/mol. The Morgan fingerprint density at radius 2 is 1.93 bits per heavy atom. The van der Waals surface area contributed by atoms with E-state index in [-0.39, 0.29) is 12.0 Å². The molecule has 1 aliphatic rings. The average molecular weight is 384 g/mol. The molecule has 1 aliphatic heterocycles. The van der Waals surface area contributed by atoms with E-state index in [9.17, 15) is 4.79 Å². The highest BCUT2D eigenvalue weighted by Crippen LogP contribution is 2.27. The van der Waals surface area contributed by atoms with Crippen LogP contribution in [-0.2, 0) is 0 Å². The summed E-state index contributed by atoms with van der Waals surface area (Å²) in [5, 5.41) is 8.21. The molecule has 1 unspecified atom stereocenters. The molecule has 1 N–H and O–H groups in total. The molecule has 2 aromatic carbocycles. The van der Waals surface area contributed by atoms with E-state index in [0.29, 0.717) is 18.8 Å². The van der Waals surface area contributed by atoms with Crippen LogP contribution in [0.2, 0.25) is 0 Å². The Morgan fingerprint density at radius 3 is 2.83 bits per heavy atom. The summed E-state index contributed by atoms with van der Waals surface area (Å²) < 4.78 is 6.20. The van der Waals surface area contributed by atoms with E-state index in [1.807, 2.05) is 65.6 Å². The zero-order valence-electron chi connectivity index (χ0n) is 15.8. The second-order valence-corrected chi connectivity index (χ2v) is 7.14. The maximum absolute atomic E-state index is 12.9. The summed E-state index contributed by atoms with van der Waals surface area (Å²) in [6.45, 7) is 1.20. The lowest BCUT2D eigenvalue weighted by molar-refractivity contribution is 0.0767. The Bertz CT molecular complexity index is 1150. The average Bonchev–Trinajstić information content (AvgIpc) is 3.44. The number of nitrogens with zero attached hydrogens (tertiary/aromatic N) is 3. The van der Waals surface area contributed by atoms with E-state index < -0.39 is 0 Å². The zero-order valence-corrected chi connectivity index (χ0v) is 15.8. The highest BCUT2D eigenvalue weighted by molar-refractivity contribution is 5.93. The molecule has 144 valence electrons. The molecule has 0 radical (unpaired) electrons. The maximum Gasteiger partial charge on any atom is 0.272 e. The molecule has 0 spiro atoms. The van der Waals surface area contributed by atoms with Crippen LogP contribution in [0.3, 0.4) is 0 Å². The van der Waals surface area contributed by atoms with Gasteiger partial charge in [-0.15, -0.1) is 0 Å². The van der Waals surface area contributed by atoms with Crippen molar-refractivity contribution in [2.45, 2.75) is 12.5 Å². The van der Waals surface area contributed by atoms with Gasteiger partial charge >= 0.3 is 0 Å². The fourth-order valence-electron chi connectivity index (χ4n) is 3.72. The molecule has 6 heteroatoms. The number of H-pyrrole nitrogens is 1. The summed E-state index contributed by atoms with van der Waals surface area (Å²) in [6.07, 6.45) is 2.50. The number of para-hydroxylation sites is 1. The molecule has 0 saturated carbocycles. The summed E-state index contributed by atoms with van der Waals surface area (Å²) >= 11 is 0. The third kappa shape index (κ3) is 3.45. The van der Waals surface area contributed by atoms with Crippen LogP contribution in [0.5, 0.6) is 5.75 Å². The molecule has 0 bridgehead atoms. The largest absolute Gasteiger partial charge is 0.486 e. The van der Waals surface area contributed by atoms with Gasteiger partial charge in [0.15, 0.2) is 0 Å². The number of aromatic amines is 1. The molecule has 3 heterocycles. The van der Waals surface area contributed by atoms with Crippen LogP contribution < -0.4 is 4.74 Å². The van der Waals surface area contributed by atoms with Crippen molar-refractivity contribution in [2.24, 2.45) is 0 Å². The number of rotatable bonds is 4. The van der Waals surface area contributed by atoms with E-state index in [1.165, 1.54) is 0 Å². The minimum absolute atomic E-state index is 0.0527. The molecule has 1 amide bonds. The Labute approximate surface area is 168 Å². The number of amides is 1. The van der Waals surface area contributed by atoms with Crippen molar-refractivity contribution in [3.8, 4) is 17.0 Å². The van der Waals surface area contributed by atoms with Crippen LogP contribution in [0.1, 0.15) is 16.9 Å². The Balaban J connectivity index is 1.28. The van der Waals surface area contributed by atoms with E-state index >= 15 is 0 Å². The van der Waals surface area contributed by atoms with Crippen molar-refractivity contribution in [3.63, 3.8) is 0 Å². The fourth-order valence-corrected chi connectivity index (χ4v) is 3.72. The second-order valence-electron chi connectivity index (χ2n) is 7.14. The quantitative estimate of drug-likeness (QED) is 0.579. The molecule has 1 atom stereocenters. The normalized spacial score (nSPS) is 16.3. The van der Waals surface area contributed by atoms with E-state index in [2.05, 4.69) is 15.2 Å². The third-order valence-corrected chi connectivity index (χ3v) is 5.20. The van der Waals surface area contributed by atoms with Gasteiger partial charge in [-0.25, -0.2) is 0 Å². The maximum atomic E-state index is 12.9. The summed E-state index contributed by atoms with van der Waals surface area (Å²) in [5.74, 6) is 0.706. The van der Waals surface area contributed by atoms with Gasteiger partial charge in [-0.2, -0.15) is 5.10 Å². The SMILES string of the molecule is O=C(c1cc(-c2ccccc2)n[nH]1)N1CCC(Oc2cccc3cccnc23)C1. The zero-order chi connectivity index (χ0) is 19.6. The Kier molecular flexibility index (Phi) is 4.44. The number of ether oxygens (including phenoxy) is 1. The van der Waals surface area contributed by atoms with E-state index in [1.54, 1.807) is 12.3 Å². The van der Waals surface area contributed by atoms with Gasteiger partial charge in [-0.05, 0) is 18.2 Å². The Morgan fingerprint density at radius 1 is 1.07 bits per heavy atom. The molecule has 1 saturated heterocycles. The molecule has 4 aromatic rings. The molecular weight excluding hydrogens is 364 g/mol. The summed E-state index contributed by atoms with van der Waals surface area (Å²) in [7, 11) is 0. The number of nitrogens with one attached hydrogen (secondary N) is 1. The molecule has 29 heavy (non-hydrogen) atoms. The van der Waals surface area contributed by atoms with Gasteiger partial charge < -0.3 is 9.64 Å². The van der Waals surface area contributed by atoms with Crippen LogP contribution in [0.25, 0.3) is 22.2 Å². The van der Waals surface area contributed by atoms with Crippen molar-refractivity contribution in [3.05, 3.63) is 78.6 Å². The number of pyridine rings is 1. The summed E-state index contributed by atoms with van der Waals surface area (Å²) in [5.41, 5.74) is 3.09. The van der Waals surface area contributed by atoms with Gasteiger partial charge in [0.2, 0.25) is 0 Å². The number of likely N-dealkylation sites (tertiary alicyclic amines) is 1. The highest BCUT2D eigenvalue weighted by atomic mass is 16.5. The first kappa shape index (κ1) is 17.4. The van der Waals surface area contributed by atoms with E-state index in [4.69, 9.17) is 4.74 Å². The smallest absolute Gasteiger partial charge is 0.272 e. The molecule has 1 fully saturated rings. The number of benzene rings is 2. The van der Waals surface area contributed by atoms with Crippen LogP contribution in [-0.4, -0.2) is 45.2 Å². The lowest BCUT2D eigenvalue weighted by Crippen LogP contribution is -2.31. The first-order valence-corrected chi connectivity index (χ1v) is 9.68. The molecular formula is C23H20N4O2. The first-order chi connectivity index (χ1) is 14.3. The summed E-state index contributed by atoms with van der Waals surface area (Å²) in [6, 6.07) is 21.5. The van der Waals surface area contributed by atoms with Gasteiger partial charge in [0.25, 0.3) is 5.91 Å². The van der Waals surface area contributed by atoms with Crippen LogP contribution in [0.4, 0.5) is 0 Å². The third-order valence-electron chi connectivity index (χ3n) is 5.20. The first-order valence-electron chi connectivity index (χ1n) is 9.68. The lowest BCUT2D eigenvalue weighted by atomic mass is 10.1. The number of hydrogen-bond donors (Lipinski definition) is 1. The van der Waals surface area contributed by atoms with Gasteiger partial charge in [0.1, 0.15) is 23.1 Å². The lowest BCUT2D eigenvalue weighted by Gasteiger charge is -2.17. The Hall–Kier alpha value is -3.67. The fraction of sp³-hybridized carbons (Fsp3) is 0.174. The minimum atomic E-state index is -0.0539. The van der Waals surface area contributed by atoms with Crippen molar-refractivity contribution in [1.29, 1.82) is 0 Å². The van der Waals surface area contributed by atoms with Crippen LogP contribution in [0, 0.1) is 0 Å². The standard InChI is InChI=1S/C23H20N4O2/c28-23(20-14-19(25-26-20)16-6-2-1-3-7-16)27-13-11-18(15-27)29-21-10-4-8-17-9-5-12-24-22(17)21/h1-10,12,14,18H,11,13,15H2,(H,25,26). The van der Waals surface area contributed by atoms with Gasteiger partial charge in [0, 0.05) is 30.1 Å². The van der Waals surface area contributed by atoms with Crippen LogP contribution in [0.15, 0.2) is 72.9 Å². The van der Waals surface area contributed by atoms with Gasteiger partial charge in [0.05, 0.1) is 12.2 Å². The summed E-state index contributed by atoms with van der Waals surface area (Å²) in [4.78, 5) is 19.1. The number of carbonyl (C=O) groups is 1. The monoisotopic (exact) mass is 384 g/mol. The predicted octanol–water partition coefficient (Wildman–Crippen LogP) is 3.92. The molecule has 2 aromatic heterocycles. The number of fused-ring (bicyclic) bond motifs is 1. The van der Waals surface area contributed by atoms with Crippen molar-refractivity contribution in [2.75, 3.05) is 13.1 Å². The number of hydrogen-bond acceptors (Lipinski definition) is 4. The minimum Gasteiger partial charge on any atom is -0.486 e. The van der Waals surface area contributed by atoms with Crippen molar-refractivity contribution in [1.82, 2.24) is 20.1 Å². The second kappa shape index (κ2) is 7.39. The highest BCUT2D eigenvalue weighted by Gasteiger charge is 2.29.